The number of nitrogens with zero attached hydrogens (tertiary/aromatic N) is 2. The molecular weight excluding hydrogens is 509 g/mol. The fourth-order valence-electron chi connectivity index (χ4n) is 4.77. The fraction of sp³-hybridized carbons (Fsp3) is 0.481. The first-order chi connectivity index (χ1) is 17.3. The van der Waals surface area contributed by atoms with Gasteiger partial charge in [0.1, 0.15) is 11.4 Å². The van der Waals surface area contributed by atoms with E-state index in [1.54, 1.807) is 9.80 Å². The average Bonchev–Trinajstić information content (AvgIpc) is 3.09. The number of hydrogen-bond acceptors (Lipinski definition) is 4. The average molecular weight is 539 g/mol. The first-order valence-corrected chi connectivity index (χ1v) is 12.6. The lowest BCUT2D eigenvalue weighted by Crippen LogP contribution is -2.42. The third kappa shape index (κ3) is 7.09. The first-order valence-electron chi connectivity index (χ1n) is 12.2. The number of carbonyl (C=O) groups is 2. The molecule has 4 rings (SSSR count). The van der Waals surface area contributed by atoms with Crippen LogP contribution in [0, 0.1) is 5.92 Å². The van der Waals surface area contributed by atoms with Crippen molar-refractivity contribution in [3.8, 4) is 5.75 Å². The van der Waals surface area contributed by atoms with Crippen molar-refractivity contribution in [1.82, 2.24) is 9.80 Å². The van der Waals surface area contributed by atoms with Crippen molar-refractivity contribution in [1.29, 1.82) is 0 Å². The molecule has 0 radical (unpaired) electrons. The third-order valence-electron chi connectivity index (χ3n) is 6.41. The molecule has 37 heavy (non-hydrogen) atoms. The van der Waals surface area contributed by atoms with Crippen molar-refractivity contribution < 1.29 is 32.2 Å². The van der Waals surface area contributed by atoms with Crippen LogP contribution in [0.2, 0.25) is 5.02 Å². The quantitative estimate of drug-likeness (QED) is 0.431. The summed E-state index contributed by atoms with van der Waals surface area (Å²) >= 11 is 6.52. The van der Waals surface area contributed by atoms with Crippen LogP contribution in [0.1, 0.15) is 60.7 Å². The summed E-state index contributed by atoms with van der Waals surface area (Å²) in [6, 6.07) is 9.33. The number of carbonyl (C=O) groups excluding carboxylic acids is 2. The van der Waals surface area contributed by atoms with Crippen molar-refractivity contribution in [3.05, 3.63) is 63.7 Å². The maximum atomic E-state index is 13.0. The van der Waals surface area contributed by atoms with Crippen LogP contribution in [0.25, 0.3) is 0 Å². The molecule has 10 heteroatoms. The van der Waals surface area contributed by atoms with Crippen LogP contribution >= 0.6 is 11.6 Å². The van der Waals surface area contributed by atoms with Gasteiger partial charge in [-0.2, -0.15) is 0 Å². The predicted molar refractivity (Wildman–Crippen MR) is 132 cm³/mol. The molecule has 0 saturated carbocycles. The van der Waals surface area contributed by atoms with Gasteiger partial charge in [0.25, 0.3) is 5.91 Å². The summed E-state index contributed by atoms with van der Waals surface area (Å²) in [5.74, 6) is -0.122. The molecule has 0 spiro atoms. The molecule has 1 fully saturated rings. The molecule has 0 aromatic heterocycles. The fourth-order valence-corrected chi connectivity index (χ4v) is 5.11. The molecule has 0 N–H and O–H groups in total. The summed E-state index contributed by atoms with van der Waals surface area (Å²) in [5.41, 5.74) is 2.52. The van der Waals surface area contributed by atoms with Crippen molar-refractivity contribution in [2.75, 3.05) is 13.1 Å². The van der Waals surface area contributed by atoms with Gasteiger partial charge in [-0.15, -0.1) is 13.2 Å². The normalized spacial score (nSPS) is 16.7. The topological polar surface area (TPSA) is 59.1 Å². The Bertz CT molecular complexity index is 1150. The maximum absolute atomic E-state index is 13.0. The molecule has 6 nitrogen and oxygen atoms in total. The van der Waals surface area contributed by atoms with E-state index in [0.29, 0.717) is 41.7 Å². The lowest BCUT2D eigenvalue weighted by Gasteiger charge is -2.33. The number of ether oxygens (including phenoxy) is 2. The van der Waals surface area contributed by atoms with E-state index >= 15 is 0 Å². The third-order valence-corrected chi connectivity index (χ3v) is 6.71. The molecule has 0 aliphatic carbocycles. The van der Waals surface area contributed by atoms with E-state index in [1.165, 1.54) is 24.3 Å². The molecule has 2 amide bonds. The van der Waals surface area contributed by atoms with Gasteiger partial charge >= 0.3 is 12.5 Å². The molecule has 2 aliphatic heterocycles. The van der Waals surface area contributed by atoms with E-state index in [9.17, 15) is 22.8 Å². The Morgan fingerprint density at radius 3 is 2.30 bits per heavy atom. The smallest absolute Gasteiger partial charge is 0.444 e. The Morgan fingerprint density at radius 2 is 1.70 bits per heavy atom. The van der Waals surface area contributed by atoms with Gasteiger partial charge in [-0.3, -0.25) is 4.79 Å². The van der Waals surface area contributed by atoms with Gasteiger partial charge in [0.05, 0.1) is 10.6 Å². The highest BCUT2D eigenvalue weighted by Gasteiger charge is 2.33. The number of benzene rings is 2. The van der Waals surface area contributed by atoms with Crippen LogP contribution < -0.4 is 4.74 Å². The van der Waals surface area contributed by atoms with Gasteiger partial charge in [0.2, 0.25) is 0 Å². The monoisotopic (exact) mass is 538 g/mol. The Labute approximate surface area is 219 Å². The summed E-state index contributed by atoms with van der Waals surface area (Å²) in [7, 11) is 0. The zero-order valence-electron chi connectivity index (χ0n) is 21.0. The van der Waals surface area contributed by atoms with Crippen molar-refractivity contribution in [2.45, 2.75) is 65.1 Å². The Kier molecular flexibility index (Phi) is 7.65. The van der Waals surface area contributed by atoms with Gasteiger partial charge in [-0.25, -0.2) is 4.79 Å². The molecule has 2 aromatic carbocycles. The molecule has 0 unspecified atom stereocenters. The predicted octanol–water partition coefficient (Wildman–Crippen LogP) is 6.58. The number of rotatable bonds is 5. The van der Waals surface area contributed by atoms with Crippen LogP contribution in [0.4, 0.5) is 18.0 Å². The first kappa shape index (κ1) is 27.1. The van der Waals surface area contributed by atoms with E-state index in [0.717, 1.165) is 30.4 Å². The van der Waals surface area contributed by atoms with Crippen LogP contribution in [-0.2, 0) is 24.2 Å². The molecule has 1 saturated heterocycles. The van der Waals surface area contributed by atoms with E-state index in [4.69, 9.17) is 16.3 Å². The summed E-state index contributed by atoms with van der Waals surface area (Å²) < 4.78 is 46.5. The number of likely N-dealkylation sites (tertiary alicyclic amines) is 1. The highest BCUT2D eigenvalue weighted by atomic mass is 35.5. The summed E-state index contributed by atoms with van der Waals surface area (Å²) in [5, 5.41) is 0.403. The van der Waals surface area contributed by atoms with Crippen molar-refractivity contribution >= 4 is 23.6 Å². The molecule has 0 atom stereocenters. The second kappa shape index (κ2) is 10.4. The number of halogens is 4. The highest BCUT2D eigenvalue weighted by Crippen LogP contribution is 2.34. The maximum Gasteiger partial charge on any atom is 0.573 e. The second-order valence-electron chi connectivity index (χ2n) is 10.6. The molecule has 200 valence electrons. The lowest BCUT2D eigenvalue weighted by atomic mass is 9.89. The van der Waals surface area contributed by atoms with E-state index in [1.807, 2.05) is 32.9 Å². The number of piperidine rings is 1. The minimum atomic E-state index is -4.75. The minimum absolute atomic E-state index is 0.201. The van der Waals surface area contributed by atoms with Crippen molar-refractivity contribution in [3.63, 3.8) is 0 Å². The SMILES string of the molecule is CC(C)(C)OC(=O)N1CCC(Cc2cc(Cl)c3c(c2)CN(Cc2ccc(OC(F)(F)F)cc2)C3=O)CC1. The standard InChI is InChI=1S/C27H30ClF3N2O4/c1-26(2,3)37-25(35)32-10-8-17(9-11-32)12-19-13-20-16-33(24(34)23(20)22(28)14-19)15-18-4-6-21(7-5-18)36-27(29,30)31/h4-7,13-14,17H,8-12,15-16H2,1-3H3. The van der Waals surface area contributed by atoms with Crippen LogP contribution in [0.3, 0.4) is 0 Å². The largest absolute Gasteiger partial charge is 0.573 e. The number of alkyl halides is 3. The summed E-state index contributed by atoms with van der Waals surface area (Å²) in [4.78, 5) is 28.7. The highest BCUT2D eigenvalue weighted by molar-refractivity contribution is 6.34. The molecule has 2 heterocycles. The summed E-state index contributed by atoms with van der Waals surface area (Å²) in [6.45, 7) is 7.45. The van der Waals surface area contributed by atoms with Gasteiger partial charge in [0.15, 0.2) is 0 Å². The van der Waals surface area contributed by atoms with Gasteiger partial charge in [-0.05, 0) is 80.8 Å². The van der Waals surface area contributed by atoms with Crippen molar-refractivity contribution in [2.24, 2.45) is 5.92 Å². The van der Waals surface area contributed by atoms with E-state index in [-0.39, 0.29) is 24.3 Å². The zero-order valence-corrected chi connectivity index (χ0v) is 21.8. The summed E-state index contributed by atoms with van der Waals surface area (Å²) in [6.07, 6.45) is -2.53. The van der Waals surface area contributed by atoms with E-state index < -0.39 is 12.0 Å². The van der Waals surface area contributed by atoms with Gasteiger partial charge in [0, 0.05) is 26.2 Å². The van der Waals surface area contributed by atoms with E-state index in [2.05, 4.69) is 4.74 Å². The second-order valence-corrected chi connectivity index (χ2v) is 11.0. The Balaban J connectivity index is 1.35. The Morgan fingerprint density at radius 1 is 1.05 bits per heavy atom. The Hall–Kier alpha value is -2.94. The number of amides is 2. The van der Waals surface area contributed by atoms with Crippen LogP contribution in [0.15, 0.2) is 36.4 Å². The van der Waals surface area contributed by atoms with Gasteiger partial charge in [-0.1, -0.05) is 29.8 Å². The van der Waals surface area contributed by atoms with Crippen LogP contribution in [0.5, 0.6) is 5.75 Å². The molecule has 2 aliphatic rings. The minimum Gasteiger partial charge on any atom is -0.444 e. The molecule has 0 bridgehead atoms. The number of fused-ring (bicyclic) bond motifs is 1. The van der Waals surface area contributed by atoms with Gasteiger partial charge < -0.3 is 19.3 Å². The lowest BCUT2D eigenvalue weighted by molar-refractivity contribution is -0.274. The molecular formula is C27H30ClF3N2O4. The molecule has 2 aromatic rings. The van der Waals surface area contributed by atoms with Crippen LogP contribution in [-0.4, -0.2) is 46.9 Å². The zero-order chi connectivity index (χ0) is 27.0. The number of hydrogen-bond donors (Lipinski definition) is 0.